The topological polar surface area (TPSA) is 34.4 Å². The summed E-state index contributed by atoms with van der Waals surface area (Å²) >= 11 is 0. The van der Waals surface area contributed by atoms with Crippen molar-refractivity contribution in [3.05, 3.63) is 54.0 Å². The van der Waals surface area contributed by atoms with E-state index in [4.69, 9.17) is 9.15 Å². The Morgan fingerprint density at radius 2 is 2.06 bits per heavy atom. The number of rotatable bonds is 6. The quantitative estimate of drug-likeness (QED) is 0.804. The normalized spacial score (nSPS) is 10.6. The zero-order chi connectivity index (χ0) is 12.8. The molecule has 0 aliphatic carbocycles. The Kier molecular flexibility index (Phi) is 4.30. The molecule has 3 nitrogen and oxygen atoms in total. The van der Waals surface area contributed by atoms with Crippen LogP contribution in [0.4, 0.5) is 8.78 Å². The van der Waals surface area contributed by atoms with E-state index in [1.54, 1.807) is 6.26 Å². The highest BCUT2D eigenvalue weighted by Gasteiger charge is 2.02. The van der Waals surface area contributed by atoms with Gasteiger partial charge in [0.25, 0.3) is 0 Å². The van der Waals surface area contributed by atoms with E-state index in [-0.39, 0.29) is 0 Å². The SMILES string of the molecule is Fc1ccc(OCCNCc2ccco2)cc1F. The molecule has 1 aromatic carbocycles. The van der Waals surface area contributed by atoms with Crippen LogP contribution in [0.2, 0.25) is 0 Å². The fraction of sp³-hybridized carbons (Fsp3) is 0.231. The Balaban J connectivity index is 1.67. The number of hydrogen-bond acceptors (Lipinski definition) is 3. The minimum atomic E-state index is -0.906. The van der Waals surface area contributed by atoms with Crippen molar-refractivity contribution in [1.29, 1.82) is 0 Å². The minimum absolute atomic E-state index is 0.314. The van der Waals surface area contributed by atoms with Gasteiger partial charge in [0.15, 0.2) is 11.6 Å². The van der Waals surface area contributed by atoms with Crippen molar-refractivity contribution in [2.24, 2.45) is 0 Å². The molecule has 0 saturated carbocycles. The highest BCUT2D eigenvalue weighted by molar-refractivity contribution is 5.23. The standard InChI is InChI=1S/C13H13F2NO2/c14-12-4-3-10(8-13(12)15)18-7-5-16-9-11-2-1-6-17-11/h1-4,6,8,16H,5,7,9H2. The van der Waals surface area contributed by atoms with Crippen LogP contribution in [0.3, 0.4) is 0 Å². The molecule has 0 unspecified atom stereocenters. The molecule has 1 heterocycles. The third-order valence-electron chi connectivity index (χ3n) is 2.32. The van der Waals surface area contributed by atoms with Crippen molar-refractivity contribution in [2.75, 3.05) is 13.2 Å². The van der Waals surface area contributed by atoms with Gasteiger partial charge in [-0.3, -0.25) is 0 Å². The number of furan rings is 1. The molecular weight excluding hydrogens is 240 g/mol. The van der Waals surface area contributed by atoms with Gasteiger partial charge < -0.3 is 14.5 Å². The summed E-state index contributed by atoms with van der Waals surface area (Å²) in [4.78, 5) is 0. The van der Waals surface area contributed by atoms with Gasteiger partial charge in [-0.05, 0) is 24.3 Å². The Morgan fingerprint density at radius 1 is 1.17 bits per heavy atom. The molecule has 0 aliphatic rings. The van der Waals surface area contributed by atoms with Crippen molar-refractivity contribution in [2.45, 2.75) is 6.54 Å². The van der Waals surface area contributed by atoms with Gasteiger partial charge in [-0.15, -0.1) is 0 Å². The minimum Gasteiger partial charge on any atom is -0.492 e. The number of nitrogens with one attached hydrogen (secondary N) is 1. The molecule has 18 heavy (non-hydrogen) atoms. The second-order valence-corrected chi connectivity index (χ2v) is 3.68. The molecule has 5 heteroatoms. The first-order valence-corrected chi connectivity index (χ1v) is 5.56. The van der Waals surface area contributed by atoms with E-state index in [0.29, 0.717) is 25.4 Å². The van der Waals surface area contributed by atoms with Crippen LogP contribution in [0.1, 0.15) is 5.76 Å². The van der Waals surface area contributed by atoms with E-state index in [9.17, 15) is 8.78 Å². The summed E-state index contributed by atoms with van der Waals surface area (Å²) in [7, 11) is 0. The lowest BCUT2D eigenvalue weighted by Crippen LogP contribution is -2.20. The van der Waals surface area contributed by atoms with Crippen molar-refractivity contribution in [3.8, 4) is 5.75 Å². The van der Waals surface area contributed by atoms with Gasteiger partial charge in [-0.2, -0.15) is 0 Å². The average Bonchev–Trinajstić information content (AvgIpc) is 2.86. The maximum atomic E-state index is 12.9. The highest BCUT2D eigenvalue weighted by atomic mass is 19.2. The smallest absolute Gasteiger partial charge is 0.162 e. The van der Waals surface area contributed by atoms with Crippen LogP contribution in [0.15, 0.2) is 41.0 Å². The number of hydrogen-bond donors (Lipinski definition) is 1. The molecule has 0 bridgehead atoms. The second kappa shape index (κ2) is 6.16. The third-order valence-corrected chi connectivity index (χ3v) is 2.32. The molecule has 1 N–H and O–H groups in total. The lowest BCUT2D eigenvalue weighted by molar-refractivity contribution is 0.308. The maximum Gasteiger partial charge on any atom is 0.162 e. The predicted molar refractivity (Wildman–Crippen MR) is 62.3 cm³/mol. The molecule has 1 aromatic heterocycles. The lowest BCUT2D eigenvalue weighted by Gasteiger charge is -2.07. The van der Waals surface area contributed by atoms with Crippen LogP contribution in [-0.2, 0) is 6.54 Å². The molecule has 0 radical (unpaired) electrons. The van der Waals surface area contributed by atoms with E-state index in [0.717, 1.165) is 17.9 Å². The summed E-state index contributed by atoms with van der Waals surface area (Å²) in [5, 5.41) is 3.10. The number of ether oxygens (including phenoxy) is 1. The van der Waals surface area contributed by atoms with Gasteiger partial charge in [0.2, 0.25) is 0 Å². The van der Waals surface area contributed by atoms with Crippen LogP contribution in [0, 0.1) is 11.6 Å². The van der Waals surface area contributed by atoms with Crippen LogP contribution < -0.4 is 10.1 Å². The van der Waals surface area contributed by atoms with Gasteiger partial charge in [-0.1, -0.05) is 0 Å². The summed E-state index contributed by atoms with van der Waals surface area (Å²) in [5.41, 5.74) is 0. The largest absolute Gasteiger partial charge is 0.492 e. The van der Waals surface area contributed by atoms with Gasteiger partial charge >= 0.3 is 0 Å². The van der Waals surface area contributed by atoms with E-state index in [1.165, 1.54) is 6.07 Å². The van der Waals surface area contributed by atoms with E-state index in [1.807, 2.05) is 12.1 Å². The molecule has 0 saturated heterocycles. The van der Waals surface area contributed by atoms with E-state index >= 15 is 0 Å². The van der Waals surface area contributed by atoms with Crippen molar-refractivity contribution < 1.29 is 17.9 Å². The highest BCUT2D eigenvalue weighted by Crippen LogP contribution is 2.14. The summed E-state index contributed by atoms with van der Waals surface area (Å²) < 4.78 is 35.9. The van der Waals surface area contributed by atoms with Crippen molar-refractivity contribution >= 4 is 0 Å². The zero-order valence-corrected chi connectivity index (χ0v) is 9.66. The summed E-state index contributed by atoms with van der Waals surface area (Å²) in [6.07, 6.45) is 1.61. The molecule has 0 fully saturated rings. The predicted octanol–water partition coefficient (Wildman–Crippen LogP) is 2.73. The molecule has 2 aromatic rings. The van der Waals surface area contributed by atoms with E-state index in [2.05, 4.69) is 5.32 Å². The Morgan fingerprint density at radius 3 is 2.78 bits per heavy atom. The first-order chi connectivity index (χ1) is 8.75. The van der Waals surface area contributed by atoms with Crippen LogP contribution >= 0.6 is 0 Å². The fourth-order valence-electron chi connectivity index (χ4n) is 1.43. The second-order valence-electron chi connectivity index (χ2n) is 3.68. The maximum absolute atomic E-state index is 12.9. The monoisotopic (exact) mass is 253 g/mol. The fourth-order valence-corrected chi connectivity index (χ4v) is 1.43. The molecule has 0 spiro atoms. The zero-order valence-electron chi connectivity index (χ0n) is 9.66. The van der Waals surface area contributed by atoms with Gasteiger partial charge in [0.1, 0.15) is 18.1 Å². The molecule has 0 aliphatic heterocycles. The first-order valence-electron chi connectivity index (χ1n) is 5.56. The van der Waals surface area contributed by atoms with Gasteiger partial charge in [-0.25, -0.2) is 8.78 Å². The lowest BCUT2D eigenvalue weighted by atomic mass is 10.3. The number of halogens is 2. The van der Waals surface area contributed by atoms with Crippen LogP contribution in [0.25, 0.3) is 0 Å². The average molecular weight is 253 g/mol. The summed E-state index contributed by atoms with van der Waals surface area (Å²) in [6, 6.07) is 7.14. The first kappa shape index (κ1) is 12.6. The van der Waals surface area contributed by atoms with Crippen molar-refractivity contribution in [1.82, 2.24) is 5.32 Å². The third kappa shape index (κ3) is 3.56. The molecule has 96 valence electrons. The van der Waals surface area contributed by atoms with Gasteiger partial charge in [0, 0.05) is 12.6 Å². The Labute approximate surface area is 103 Å². The molecule has 0 atom stereocenters. The Bertz CT molecular complexity index is 486. The molecule has 0 amide bonds. The van der Waals surface area contributed by atoms with E-state index < -0.39 is 11.6 Å². The number of benzene rings is 1. The summed E-state index contributed by atoms with van der Waals surface area (Å²) in [6.45, 7) is 1.56. The van der Waals surface area contributed by atoms with Crippen molar-refractivity contribution in [3.63, 3.8) is 0 Å². The molecular formula is C13H13F2NO2. The summed E-state index contributed by atoms with van der Waals surface area (Å²) in [5.74, 6) is -0.633. The van der Waals surface area contributed by atoms with Crippen LogP contribution in [0.5, 0.6) is 5.75 Å². The van der Waals surface area contributed by atoms with Gasteiger partial charge in [0.05, 0.1) is 12.8 Å². The Hall–Kier alpha value is -1.88. The van der Waals surface area contributed by atoms with Crippen LogP contribution in [-0.4, -0.2) is 13.2 Å². The molecule has 2 rings (SSSR count).